The van der Waals surface area contributed by atoms with Crippen LogP contribution in [0.5, 0.6) is 5.75 Å². The first kappa shape index (κ1) is 85.2. The van der Waals surface area contributed by atoms with Crippen LogP contribution in [-0.2, 0) is 60.8 Å². The van der Waals surface area contributed by atoms with E-state index in [-0.39, 0.29) is 80.3 Å². The van der Waals surface area contributed by atoms with Crippen LogP contribution < -0.4 is 26.6 Å². The number of phenols is 1. The van der Waals surface area contributed by atoms with E-state index >= 15 is 24.0 Å². The molecule has 2 heterocycles. The van der Waals surface area contributed by atoms with Crippen molar-refractivity contribution in [3.63, 3.8) is 0 Å². The van der Waals surface area contributed by atoms with E-state index in [4.69, 9.17) is 0 Å². The number of benzene rings is 2. The molecule has 26 heteroatoms. The predicted octanol–water partition coefficient (Wildman–Crippen LogP) is 3.46. The fourth-order valence-corrected chi connectivity index (χ4v) is 13.2. The summed E-state index contributed by atoms with van der Waals surface area (Å²) in [6.07, 6.45) is -2.49. The number of phenolic OH excluding ortho intramolecular Hbond substituents is 1. The number of nitrogens with zero attached hydrogens (tertiary/aromatic N) is 7. The third-order valence-electron chi connectivity index (χ3n) is 19.1. The van der Waals surface area contributed by atoms with E-state index in [0.29, 0.717) is 37.1 Å². The van der Waals surface area contributed by atoms with Gasteiger partial charge in [0.2, 0.25) is 59.1 Å². The van der Waals surface area contributed by atoms with Gasteiger partial charge in [0.1, 0.15) is 54.5 Å². The Morgan fingerprint density at radius 1 is 0.490 bits per heavy atom. The lowest BCUT2D eigenvalue weighted by molar-refractivity contribution is -0.150. The number of rotatable bonds is 17. The van der Waals surface area contributed by atoms with Gasteiger partial charge in [-0.3, -0.25) is 57.7 Å². The van der Waals surface area contributed by atoms with Crippen LogP contribution in [0.2, 0.25) is 0 Å². The van der Waals surface area contributed by atoms with Crippen molar-refractivity contribution in [2.24, 2.45) is 35.5 Å². The highest BCUT2D eigenvalue weighted by Crippen LogP contribution is 2.26. The third-order valence-corrected chi connectivity index (χ3v) is 19.1. The first-order valence-corrected chi connectivity index (χ1v) is 35.9. The van der Waals surface area contributed by atoms with Gasteiger partial charge in [0, 0.05) is 54.1 Å². The van der Waals surface area contributed by atoms with Crippen LogP contribution in [0.4, 0.5) is 0 Å². The van der Waals surface area contributed by atoms with Crippen LogP contribution >= 0.6 is 0 Å². The Hall–Kier alpha value is -7.26. The Bertz CT molecular complexity index is 3000. The second kappa shape index (κ2) is 39.8. The average Bonchev–Trinajstić information content (AvgIpc) is 0.821. The van der Waals surface area contributed by atoms with Gasteiger partial charge >= 0.3 is 0 Å². The van der Waals surface area contributed by atoms with Gasteiger partial charge < -0.3 is 71.5 Å². The van der Waals surface area contributed by atoms with E-state index in [1.807, 2.05) is 69.2 Å². The van der Waals surface area contributed by atoms with Crippen LogP contribution in [-0.4, -0.2) is 255 Å². The zero-order chi connectivity index (χ0) is 75.3. The molecule has 2 aromatic carbocycles. The number of aliphatic hydroxyl groups is 3. The minimum atomic E-state index is -1.63. The summed E-state index contributed by atoms with van der Waals surface area (Å²) in [6, 6.07) is 2.27. The van der Waals surface area contributed by atoms with Crippen LogP contribution in [0.25, 0.3) is 0 Å². The predicted molar refractivity (Wildman–Crippen MR) is 383 cm³/mol. The summed E-state index contributed by atoms with van der Waals surface area (Å²) < 4.78 is 0. The molecule has 0 aliphatic carbocycles. The zero-order valence-electron chi connectivity index (χ0n) is 63.1. The van der Waals surface area contributed by atoms with E-state index in [0.717, 1.165) is 11.3 Å². The van der Waals surface area contributed by atoms with Gasteiger partial charge in [-0.2, -0.15) is 0 Å². The summed E-state index contributed by atoms with van der Waals surface area (Å²) in [5, 5.41) is 61.2. The molecule has 9 N–H and O–H groups in total. The van der Waals surface area contributed by atoms with Gasteiger partial charge in [0.05, 0.1) is 43.2 Å². The monoisotopic (exact) mass is 1400 g/mol. The molecule has 0 spiro atoms. The standard InChI is InChI=1S/C74H122N12O14/c1-43(2)34-53-69(95)82(16)58(37-46(7)8)68(94)79-64(49(13)87)73(99)80(14)42-62(90)81(15)56(35-44(3)4)65(91)76-54(39-51-28-30-52(88)31-29-51)70(96)85(19)60(38-47(9)10)72(98)83(17)57(36-45(5)6)66(92)77-55(71(97)86-32-24-21-25-33-86)41-61(89)78-63(48(11)12)74(100)84(18)59(67(93)75-53)40-50-26-22-20-23-27-50/h20,22-23,26-31,43-49,53-60,63-64,69,72,87-88,95,98H,21,24-25,32-42H2,1-19H3,(H,75,93)(H,76,91)(H,77,92)(H,78,89)(H,79,94)/t49-,53+,54+,55+,56+,57+,58+,59+,60+,63-,64+,69?,72?/m1/s1. The number of nitrogens with one attached hydrogen (secondary N) is 5. The lowest BCUT2D eigenvalue weighted by Crippen LogP contribution is -2.63. The lowest BCUT2D eigenvalue weighted by Gasteiger charge is -2.42. The summed E-state index contributed by atoms with van der Waals surface area (Å²) in [5.74, 6) is -8.57. The van der Waals surface area contributed by atoms with E-state index in [1.165, 1.54) is 85.8 Å². The Balaban J connectivity index is 1.98. The number of hydrogen-bond donors (Lipinski definition) is 9. The fraction of sp³-hybridized carbons (Fsp3) is 0.703. The summed E-state index contributed by atoms with van der Waals surface area (Å²) in [6.45, 7) is 23.6. The maximum atomic E-state index is 15.4. The molecule has 2 fully saturated rings. The molecular formula is C74H122N12O14. The molecule has 2 aliphatic rings. The van der Waals surface area contributed by atoms with Crippen molar-refractivity contribution in [2.45, 2.75) is 240 Å². The van der Waals surface area contributed by atoms with Crippen molar-refractivity contribution in [2.75, 3.05) is 61.9 Å². The first-order chi connectivity index (χ1) is 46.7. The number of carbonyl (C=O) groups is 10. The van der Waals surface area contributed by atoms with E-state index in [2.05, 4.69) is 26.6 Å². The van der Waals surface area contributed by atoms with Crippen molar-refractivity contribution in [3.05, 3.63) is 65.7 Å². The number of amides is 10. The van der Waals surface area contributed by atoms with Gasteiger partial charge in [0.15, 0.2) is 0 Å². The summed E-state index contributed by atoms with van der Waals surface area (Å²) >= 11 is 0. The highest BCUT2D eigenvalue weighted by molar-refractivity contribution is 5.97. The van der Waals surface area contributed by atoms with Crippen LogP contribution in [0.3, 0.4) is 0 Å². The molecule has 2 unspecified atom stereocenters. The lowest BCUT2D eigenvalue weighted by atomic mass is 9.95. The normalized spacial score (nSPS) is 26.9. The van der Waals surface area contributed by atoms with Gasteiger partial charge in [-0.25, -0.2) is 0 Å². The van der Waals surface area contributed by atoms with Gasteiger partial charge in [0.25, 0.3) is 0 Å². The molecule has 0 bridgehead atoms. The minimum Gasteiger partial charge on any atom is -0.508 e. The molecule has 0 saturated carbocycles. The van der Waals surface area contributed by atoms with Crippen LogP contribution in [0.15, 0.2) is 54.6 Å². The van der Waals surface area contributed by atoms with E-state index < -0.39 is 157 Å². The molecule has 2 aliphatic heterocycles. The fourth-order valence-electron chi connectivity index (χ4n) is 13.2. The van der Waals surface area contributed by atoms with E-state index in [9.17, 15) is 44.4 Å². The smallest absolute Gasteiger partial charge is 0.248 e. The molecule has 2 aromatic rings. The molecule has 100 heavy (non-hydrogen) atoms. The Kier molecular flexibility index (Phi) is 33.9. The molecule has 26 nitrogen and oxygen atoms in total. The second-order valence-electron chi connectivity index (χ2n) is 30.4. The second-order valence-corrected chi connectivity index (χ2v) is 30.4. The number of aromatic hydroxyl groups is 1. The number of likely N-dealkylation sites (tertiary alicyclic amines) is 1. The molecular weight excluding hydrogens is 1280 g/mol. The van der Waals surface area contributed by atoms with Gasteiger partial charge in [-0.1, -0.05) is 126 Å². The highest BCUT2D eigenvalue weighted by Gasteiger charge is 2.44. The average molecular weight is 1400 g/mol. The Labute approximate surface area is 594 Å². The molecule has 10 amide bonds. The largest absolute Gasteiger partial charge is 0.508 e. The molecule has 4 rings (SSSR count). The van der Waals surface area contributed by atoms with Gasteiger partial charge in [-0.15, -0.1) is 0 Å². The van der Waals surface area contributed by atoms with E-state index in [1.54, 1.807) is 61.2 Å². The topological polar surface area (TPSA) is 334 Å². The van der Waals surface area contributed by atoms with Gasteiger partial charge in [-0.05, 0) is 131 Å². The Morgan fingerprint density at radius 2 is 0.980 bits per heavy atom. The maximum absolute atomic E-state index is 15.4. The number of carbonyl (C=O) groups excluding carboxylic acids is 10. The minimum absolute atomic E-state index is 0.0170. The summed E-state index contributed by atoms with van der Waals surface area (Å²) in [4.78, 5) is 159. The van der Waals surface area contributed by atoms with Crippen molar-refractivity contribution in [1.29, 1.82) is 0 Å². The molecule has 2 saturated heterocycles. The molecule has 0 radical (unpaired) electrons. The molecule has 0 aromatic heterocycles. The maximum Gasteiger partial charge on any atom is 0.248 e. The van der Waals surface area contributed by atoms with Crippen molar-refractivity contribution >= 4 is 59.1 Å². The van der Waals surface area contributed by atoms with Crippen molar-refractivity contribution in [3.8, 4) is 5.75 Å². The number of hydrogen-bond acceptors (Lipinski definition) is 16. The zero-order valence-corrected chi connectivity index (χ0v) is 63.1. The molecule has 562 valence electrons. The highest BCUT2D eigenvalue weighted by atomic mass is 16.3. The van der Waals surface area contributed by atoms with Crippen LogP contribution in [0, 0.1) is 35.5 Å². The molecule has 13 atom stereocenters. The quantitative estimate of drug-likeness (QED) is 0.110. The Morgan fingerprint density at radius 3 is 1.50 bits per heavy atom. The number of aliphatic hydroxyl groups excluding tert-OH is 3. The summed E-state index contributed by atoms with van der Waals surface area (Å²) in [7, 11) is 8.66. The number of piperidine rings is 1. The summed E-state index contributed by atoms with van der Waals surface area (Å²) in [5.41, 5.74) is 1.21. The first-order valence-electron chi connectivity index (χ1n) is 35.9. The SMILES string of the molecule is CC(C)C[C@@H]1NC(=O)[C@H](Cc2ccccc2)N(C)C(=O)[C@@H](C(C)C)NC(=O)C[C@@H](C(=O)N2CCCCC2)NC(=O)[C@H](CC(C)C)N(C)C(O)[C@H](CC(C)C)N(C)C(=O)[C@H](Cc2ccc(O)cc2)NC(=O)[C@H](CC(C)C)N(C)C(=O)CN(C)C(=O)[C@H]([C@@H](C)O)NC(=O)[C@H](CC(C)C)N(C)C1O. The van der Waals surface area contributed by atoms with Crippen molar-refractivity contribution < 1.29 is 68.4 Å². The van der Waals surface area contributed by atoms with Crippen molar-refractivity contribution in [1.82, 2.24) is 60.9 Å². The number of likely N-dealkylation sites (N-methyl/N-ethyl adjacent to an activating group) is 6. The van der Waals surface area contributed by atoms with Crippen LogP contribution in [0.1, 0.15) is 159 Å². The third kappa shape index (κ3) is 25.1.